The standard InChI is InChI=1S/C15H13ClO5/c1-19-10-5-11(20-2)7-12(6-10)21-9-3-4-13(15(17)18)14(16)8-9/h3-8H,1-2H3,(H,17,18). The van der Waals surface area contributed by atoms with E-state index < -0.39 is 5.97 Å². The molecule has 0 aliphatic carbocycles. The highest BCUT2D eigenvalue weighted by Crippen LogP contribution is 2.32. The smallest absolute Gasteiger partial charge is 0.337 e. The molecule has 0 radical (unpaired) electrons. The van der Waals surface area contributed by atoms with E-state index in [4.69, 9.17) is 30.9 Å². The topological polar surface area (TPSA) is 65.0 Å². The maximum atomic E-state index is 10.9. The summed E-state index contributed by atoms with van der Waals surface area (Å²) in [6, 6.07) is 9.44. The fourth-order valence-corrected chi connectivity index (χ4v) is 1.96. The third-order valence-corrected chi connectivity index (χ3v) is 3.04. The van der Waals surface area contributed by atoms with Crippen molar-refractivity contribution in [1.82, 2.24) is 0 Å². The van der Waals surface area contributed by atoms with E-state index in [0.717, 1.165) is 0 Å². The Balaban J connectivity index is 2.29. The third kappa shape index (κ3) is 3.58. The molecule has 21 heavy (non-hydrogen) atoms. The molecule has 0 aliphatic heterocycles. The Morgan fingerprint density at radius 2 is 1.52 bits per heavy atom. The van der Waals surface area contributed by atoms with Gasteiger partial charge in [-0.15, -0.1) is 0 Å². The van der Waals surface area contributed by atoms with Gasteiger partial charge in [-0.2, -0.15) is 0 Å². The molecule has 0 unspecified atom stereocenters. The number of ether oxygens (including phenoxy) is 3. The van der Waals surface area contributed by atoms with Crippen LogP contribution < -0.4 is 14.2 Å². The van der Waals surface area contributed by atoms with E-state index >= 15 is 0 Å². The molecule has 0 saturated carbocycles. The number of benzene rings is 2. The van der Waals surface area contributed by atoms with Gasteiger partial charge in [0.15, 0.2) is 0 Å². The average Bonchev–Trinajstić information content (AvgIpc) is 2.46. The minimum atomic E-state index is -1.09. The molecule has 6 heteroatoms. The average molecular weight is 309 g/mol. The predicted molar refractivity (Wildman–Crippen MR) is 78.0 cm³/mol. The number of rotatable bonds is 5. The zero-order valence-electron chi connectivity index (χ0n) is 11.4. The molecule has 110 valence electrons. The lowest BCUT2D eigenvalue weighted by Gasteiger charge is -2.10. The summed E-state index contributed by atoms with van der Waals surface area (Å²) in [4.78, 5) is 10.9. The SMILES string of the molecule is COc1cc(OC)cc(Oc2ccc(C(=O)O)c(Cl)c2)c1. The Morgan fingerprint density at radius 3 is 2.00 bits per heavy atom. The van der Waals surface area contributed by atoms with Gasteiger partial charge < -0.3 is 19.3 Å². The fraction of sp³-hybridized carbons (Fsp3) is 0.133. The van der Waals surface area contributed by atoms with Gasteiger partial charge in [-0.3, -0.25) is 0 Å². The highest BCUT2D eigenvalue weighted by atomic mass is 35.5. The summed E-state index contributed by atoms with van der Waals surface area (Å²) in [5.74, 6) is 0.982. The van der Waals surface area contributed by atoms with Gasteiger partial charge in [0.25, 0.3) is 0 Å². The van der Waals surface area contributed by atoms with Crippen LogP contribution in [-0.2, 0) is 0 Å². The first-order valence-electron chi connectivity index (χ1n) is 5.97. The van der Waals surface area contributed by atoms with Crippen LogP contribution in [0.4, 0.5) is 0 Å². The Morgan fingerprint density at radius 1 is 0.952 bits per heavy atom. The first-order valence-corrected chi connectivity index (χ1v) is 6.35. The van der Waals surface area contributed by atoms with Crippen molar-refractivity contribution in [3.63, 3.8) is 0 Å². The molecule has 0 fully saturated rings. The van der Waals surface area contributed by atoms with E-state index in [2.05, 4.69) is 0 Å². The molecule has 5 nitrogen and oxygen atoms in total. The number of methoxy groups -OCH3 is 2. The molecule has 0 bridgehead atoms. The molecule has 0 saturated heterocycles. The molecular formula is C15H13ClO5. The van der Waals surface area contributed by atoms with Crippen molar-refractivity contribution in [2.24, 2.45) is 0 Å². The normalized spacial score (nSPS) is 10.0. The maximum Gasteiger partial charge on any atom is 0.337 e. The van der Waals surface area contributed by atoms with E-state index in [0.29, 0.717) is 23.0 Å². The van der Waals surface area contributed by atoms with Crippen molar-refractivity contribution < 1.29 is 24.1 Å². The summed E-state index contributed by atoms with van der Waals surface area (Å²) in [7, 11) is 3.08. The summed E-state index contributed by atoms with van der Waals surface area (Å²) in [5.41, 5.74) is 0.0206. The quantitative estimate of drug-likeness (QED) is 0.909. The number of hydrogen-bond donors (Lipinski definition) is 1. The molecule has 2 aromatic rings. The molecule has 0 heterocycles. The highest BCUT2D eigenvalue weighted by Gasteiger charge is 2.10. The van der Waals surface area contributed by atoms with Crippen LogP contribution in [0.15, 0.2) is 36.4 Å². The first kappa shape index (κ1) is 15.0. The van der Waals surface area contributed by atoms with Gasteiger partial charge in [0.05, 0.1) is 24.8 Å². The Hall–Kier alpha value is -2.40. The lowest BCUT2D eigenvalue weighted by atomic mass is 10.2. The Kier molecular flexibility index (Phi) is 4.55. The maximum absolute atomic E-state index is 10.9. The van der Waals surface area contributed by atoms with Gasteiger partial charge >= 0.3 is 5.97 Å². The second-order valence-electron chi connectivity index (χ2n) is 4.10. The molecule has 1 N–H and O–H groups in total. The van der Waals surface area contributed by atoms with Crippen LogP contribution in [0.25, 0.3) is 0 Å². The molecule has 0 amide bonds. The van der Waals surface area contributed by atoms with Gasteiger partial charge in [0, 0.05) is 24.3 Å². The van der Waals surface area contributed by atoms with Crippen LogP contribution in [-0.4, -0.2) is 25.3 Å². The van der Waals surface area contributed by atoms with Crippen molar-refractivity contribution in [2.45, 2.75) is 0 Å². The molecule has 2 rings (SSSR count). The minimum absolute atomic E-state index is 0.0206. The number of hydrogen-bond acceptors (Lipinski definition) is 4. The van der Waals surface area contributed by atoms with E-state index in [1.807, 2.05) is 0 Å². The van der Waals surface area contributed by atoms with Crippen LogP contribution in [0.5, 0.6) is 23.0 Å². The monoisotopic (exact) mass is 308 g/mol. The summed E-state index contributed by atoms with van der Waals surface area (Å²) >= 11 is 5.90. The first-order chi connectivity index (χ1) is 10.0. The molecule has 0 aromatic heterocycles. The van der Waals surface area contributed by atoms with Gasteiger partial charge in [0.2, 0.25) is 0 Å². The summed E-state index contributed by atoms with van der Waals surface area (Å²) in [6.45, 7) is 0. The van der Waals surface area contributed by atoms with E-state index in [1.165, 1.54) is 32.4 Å². The zero-order chi connectivity index (χ0) is 15.4. The van der Waals surface area contributed by atoms with Crippen LogP contribution in [0.1, 0.15) is 10.4 Å². The van der Waals surface area contributed by atoms with Crippen LogP contribution in [0.2, 0.25) is 5.02 Å². The minimum Gasteiger partial charge on any atom is -0.496 e. The molecular weight excluding hydrogens is 296 g/mol. The lowest BCUT2D eigenvalue weighted by Crippen LogP contribution is -1.97. The van der Waals surface area contributed by atoms with Crippen LogP contribution in [0.3, 0.4) is 0 Å². The van der Waals surface area contributed by atoms with Crippen molar-refractivity contribution in [3.05, 3.63) is 47.0 Å². The largest absolute Gasteiger partial charge is 0.496 e. The van der Waals surface area contributed by atoms with Gasteiger partial charge in [0.1, 0.15) is 23.0 Å². The summed E-state index contributed by atoms with van der Waals surface area (Å²) in [5, 5.41) is 9.03. The number of carboxylic acids is 1. The number of aromatic carboxylic acids is 1. The zero-order valence-corrected chi connectivity index (χ0v) is 12.2. The van der Waals surface area contributed by atoms with Crippen molar-refractivity contribution in [3.8, 4) is 23.0 Å². The lowest BCUT2D eigenvalue weighted by molar-refractivity contribution is 0.0697. The Labute approximate surface area is 126 Å². The molecule has 2 aromatic carbocycles. The highest BCUT2D eigenvalue weighted by molar-refractivity contribution is 6.33. The third-order valence-electron chi connectivity index (χ3n) is 2.73. The van der Waals surface area contributed by atoms with Gasteiger partial charge in [-0.25, -0.2) is 4.79 Å². The van der Waals surface area contributed by atoms with Crippen molar-refractivity contribution in [2.75, 3.05) is 14.2 Å². The second-order valence-corrected chi connectivity index (χ2v) is 4.50. The number of carbonyl (C=O) groups is 1. The number of carboxylic acid groups (broad SMARTS) is 1. The van der Waals surface area contributed by atoms with Gasteiger partial charge in [-0.05, 0) is 12.1 Å². The fourth-order valence-electron chi connectivity index (χ4n) is 1.71. The van der Waals surface area contributed by atoms with Crippen molar-refractivity contribution in [1.29, 1.82) is 0 Å². The van der Waals surface area contributed by atoms with E-state index in [1.54, 1.807) is 18.2 Å². The van der Waals surface area contributed by atoms with Crippen molar-refractivity contribution >= 4 is 17.6 Å². The molecule has 0 spiro atoms. The summed E-state index contributed by atoms with van der Waals surface area (Å²) < 4.78 is 15.9. The van der Waals surface area contributed by atoms with Crippen LogP contribution >= 0.6 is 11.6 Å². The second kappa shape index (κ2) is 6.37. The molecule has 0 aliphatic rings. The predicted octanol–water partition coefficient (Wildman–Crippen LogP) is 3.85. The Bertz CT molecular complexity index is 647. The van der Waals surface area contributed by atoms with E-state index in [-0.39, 0.29) is 10.6 Å². The number of halogens is 1. The van der Waals surface area contributed by atoms with E-state index in [9.17, 15) is 4.79 Å². The molecule has 0 atom stereocenters. The van der Waals surface area contributed by atoms with Gasteiger partial charge in [-0.1, -0.05) is 11.6 Å². The van der Waals surface area contributed by atoms with Crippen LogP contribution in [0, 0.1) is 0 Å². The summed E-state index contributed by atoms with van der Waals surface area (Å²) in [6.07, 6.45) is 0.